The molecule has 1 unspecified atom stereocenters. The molecule has 1 aliphatic heterocycles. The minimum atomic E-state index is 0.0216. The molecule has 1 atom stereocenters. The van der Waals surface area contributed by atoms with Crippen LogP contribution in [0.5, 0.6) is 5.75 Å². The predicted octanol–water partition coefficient (Wildman–Crippen LogP) is 3.25. The molecule has 6 heteroatoms. The van der Waals surface area contributed by atoms with E-state index in [1.54, 1.807) is 13.3 Å². The summed E-state index contributed by atoms with van der Waals surface area (Å²) in [5.74, 6) is 0.845. The van der Waals surface area contributed by atoms with Gasteiger partial charge in [-0.25, -0.2) is 4.98 Å². The van der Waals surface area contributed by atoms with Crippen molar-refractivity contribution in [3.8, 4) is 5.75 Å². The summed E-state index contributed by atoms with van der Waals surface area (Å²) < 4.78 is 5.22. The zero-order valence-corrected chi connectivity index (χ0v) is 14.3. The Bertz CT molecular complexity index is 917. The number of aryl methyl sites for hydroxylation is 1. The third-order valence-corrected chi connectivity index (χ3v) is 4.86. The average molecular weight is 336 g/mol. The minimum absolute atomic E-state index is 0.0216. The van der Waals surface area contributed by atoms with Crippen molar-refractivity contribution in [1.29, 1.82) is 0 Å². The summed E-state index contributed by atoms with van der Waals surface area (Å²) in [6.45, 7) is 2.69. The lowest BCUT2D eigenvalue weighted by molar-refractivity contribution is 0.0735. The molecule has 4 rings (SSSR count). The summed E-state index contributed by atoms with van der Waals surface area (Å²) in [5, 5.41) is 7.93. The number of amides is 1. The summed E-state index contributed by atoms with van der Waals surface area (Å²) in [5.41, 5.74) is 3.31. The van der Waals surface area contributed by atoms with E-state index in [9.17, 15) is 4.79 Å². The molecule has 1 fully saturated rings. The van der Waals surface area contributed by atoms with Crippen molar-refractivity contribution in [2.75, 3.05) is 13.7 Å². The van der Waals surface area contributed by atoms with Crippen LogP contribution in [0.2, 0.25) is 0 Å². The molecular weight excluding hydrogens is 316 g/mol. The summed E-state index contributed by atoms with van der Waals surface area (Å²) in [4.78, 5) is 19.3. The lowest BCUT2D eigenvalue weighted by atomic mass is 10.0. The number of aromatic amines is 1. The fourth-order valence-corrected chi connectivity index (χ4v) is 3.48. The number of ether oxygens (including phenoxy) is 1. The highest BCUT2D eigenvalue weighted by Crippen LogP contribution is 2.34. The van der Waals surface area contributed by atoms with Gasteiger partial charge in [-0.15, -0.1) is 0 Å². The second kappa shape index (κ2) is 6.20. The van der Waals surface area contributed by atoms with Gasteiger partial charge in [-0.2, -0.15) is 5.10 Å². The number of H-pyrrole nitrogens is 1. The first-order valence-corrected chi connectivity index (χ1v) is 8.43. The molecule has 1 aliphatic rings. The third-order valence-electron chi connectivity index (χ3n) is 4.86. The number of nitrogens with one attached hydrogen (secondary N) is 1. The highest BCUT2D eigenvalue weighted by Gasteiger charge is 2.31. The molecule has 0 radical (unpaired) electrons. The Kier molecular flexibility index (Phi) is 3.87. The molecule has 2 aromatic heterocycles. The van der Waals surface area contributed by atoms with Crippen molar-refractivity contribution in [3.05, 3.63) is 53.3 Å². The summed E-state index contributed by atoms with van der Waals surface area (Å²) >= 11 is 0. The van der Waals surface area contributed by atoms with Gasteiger partial charge in [0.1, 0.15) is 5.75 Å². The molecule has 0 aliphatic carbocycles. The van der Waals surface area contributed by atoms with E-state index in [4.69, 9.17) is 4.74 Å². The van der Waals surface area contributed by atoms with Crippen LogP contribution in [0.3, 0.4) is 0 Å². The molecule has 1 aromatic carbocycles. The molecule has 6 nitrogen and oxygen atoms in total. The zero-order chi connectivity index (χ0) is 17.4. The molecule has 1 saturated heterocycles. The molecule has 0 spiro atoms. The Morgan fingerprint density at radius 1 is 1.32 bits per heavy atom. The monoisotopic (exact) mass is 336 g/mol. The number of hydrogen-bond acceptors (Lipinski definition) is 4. The zero-order valence-electron chi connectivity index (χ0n) is 14.3. The smallest absolute Gasteiger partial charge is 0.255 e. The molecule has 0 bridgehead atoms. The molecule has 1 N–H and O–H groups in total. The number of benzene rings is 1. The summed E-state index contributed by atoms with van der Waals surface area (Å²) in [6, 6.07) is 9.94. The van der Waals surface area contributed by atoms with Crippen molar-refractivity contribution in [2.24, 2.45) is 0 Å². The first-order chi connectivity index (χ1) is 12.2. The Morgan fingerprint density at radius 3 is 2.88 bits per heavy atom. The van der Waals surface area contributed by atoms with Crippen LogP contribution in [-0.4, -0.2) is 39.6 Å². The van der Waals surface area contributed by atoms with Gasteiger partial charge >= 0.3 is 0 Å². The fraction of sp³-hybridized carbons (Fsp3) is 0.316. The van der Waals surface area contributed by atoms with Crippen LogP contribution in [0, 0.1) is 6.92 Å². The number of hydrogen-bond donors (Lipinski definition) is 1. The van der Waals surface area contributed by atoms with Gasteiger partial charge in [0.25, 0.3) is 5.91 Å². The van der Waals surface area contributed by atoms with Gasteiger partial charge in [0.15, 0.2) is 5.65 Å². The Balaban J connectivity index is 1.63. The van der Waals surface area contributed by atoms with Crippen molar-refractivity contribution in [1.82, 2.24) is 20.1 Å². The Morgan fingerprint density at radius 2 is 2.12 bits per heavy atom. The minimum Gasteiger partial charge on any atom is -0.497 e. The van der Waals surface area contributed by atoms with Gasteiger partial charge < -0.3 is 9.64 Å². The van der Waals surface area contributed by atoms with Crippen LogP contribution < -0.4 is 4.74 Å². The molecule has 3 heterocycles. The van der Waals surface area contributed by atoms with E-state index >= 15 is 0 Å². The lowest BCUT2D eigenvalue weighted by Crippen LogP contribution is -2.30. The number of nitrogens with zero attached hydrogens (tertiary/aromatic N) is 3. The second-order valence-electron chi connectivity index (χ2n) is 6.37. The van der Waals surface area contributed by atoms with Gasteiger partial charge in [0, 0.05) is 23.8 Å². The molecule has 3 aromatic rings. The number of aromatic nitrogens is 3. The van der Waals surface area contributed by atoms with Crippen LogP contribution in [0.4, 0.5) is 0 Å². The number of methoxy groups -OCH3 is 1. The highest BCUT2D eigenvalue weighted by atomic mass is 16.5. The van der Waals surface area contributed by atoms with Crippen LogP contribution in [0.25, 0.3) is 11.0 Å². The summed E-state index contributed by atoms with van der Waals surface area (Å²) in [6.07, 6.45) is 3.59. The quantitative estimate of drug-likeness (QED) is 0.797. The van der Waals surface area contributed by atoms with Crippen LogP contribution in [0.1, 0.15) is 40.5 Å². The molecule has 1 amide bonds. The van der Waals surface area contributed by atoms with Gasteiger partial charge in [-0.1, -0.05) is 12.1 Å². The largest absolute Gasteiger partial charge is 0.497 e. The van der Waals surface area contributed by atoms with E-state index in [0.29, 0.717) is 11.2 Å². The average Bonchev–Trinajstić information content (AvgIpc) is 3.28. The van der Waals surface area contributed by atoms with E-state index in [0.717, 1.165) is 41.8 Å². The van der Waals surface area contributed by atoms with E-state index in [1.165, 1.54) is 0 Å². The van der Waals surface area contributed by atoms with Gasteiger partial charge in [0.05, 0.1) is 18.7 Å². The number of pyridine rings is 1. The van der Waals surface area contributed by atoms with Crippen LogP contribution >= 0.6 is 0 Å². The van der Waals surface area contributed by atoms with Crippen molar-refractivity contribution < 1.29 is 9.53 Å². The highest BCUT2D eigenvalue weighted by molar-refractivity contribution is 5.97. The number of likely N-dealkylation sites (tertiary alicyclic amines) is 1. The molecular formula is C19H20N4O2. The topological polar surface area (TPSA) is 71.1 Å². The SMILES string of the molecule is COc1ccc(C2CCCN2C(=O)c2cnc3n[nH]c(C)c3c2)cc1. The van der Waals surface area contributed by atoms with Crippen LogP contribution in [-0.2, 0) is 0 Å². The van der Waals surface area contributed by atoms with Gasteiger partial charge in [0.2, 0.25) is 0 Å². The van der Waals surface area contributed by atoms with E-state index in [1.807, 2.05) is 42.2 Å². The van der Waals surface area contributed by atoms with Crippen molar-refractivity contribution >= 4 is 16.9 Å². The first-order valence-electron chi connectivity index (χ1n) is 8.43. The van der Waals surface area contributed by atoms with Gasteiger partial charge in [-0.3, -0.25) is 9.89 Å². The third kappa shape index (κ3) is 2.73. The fourth-order valence-electron chi connectivity index (χ4n) is 3.48. The Labute approximate surface area is 145 Å². The number of carbonyl (C=O) groups excluding carboxylic acids is 1. The van der Waals surface area contributed by atoms with E-state index in [-0.39, 0.29) is 11.9 Å². The number of fused-ring (bicyclic) bond motifs is 1. The van der Waals surface area contributed by atoms with E-state index < -0.39 is 0 Å². The lowest BCUT2D eigenvalue weighted by Gasteiger charge is -2.25. The van der Waals surface area contributed by atoms with Gasteiger partial charge in [-0.05, 0) is 43.5 Å². The van der Waals surface area contributed by atoms with Crippen LogP contribution in [0.15, 0.2) is 36.5 Å². The van der Waals surface area contributed by atoms with Crippen molar-refractivity contribution in [2.45, 2.75) is 25.8 Å². The normalized spacial score (nSPS) is 17.2. The number of rotatable bonds is 3. The second-order valence-corrected chi connectivity index (χ2v) is 6.37. The van der Waals surface area contributed by atoms with E-state index in [2.05, 4.69) is 15.2 Å². The molecule has 0 saturated carbocycles. The maximum Gasteiger partial charge on any atom is 0.255 e. The molecule has 128 valence electrons. The Hall–Kier alpha value is -2.89. The maximum atomic E-state index is 13.1. The maximum absolute atomic E-state index is 13.1. The predicted molar refractivity (Wildman–Crippen MR) is 94.6 cm³/mol. The van der Waals surface area contributed by atoms with Crippen molar-refractivity contribution in [3.63, 3.8) is 0 Å². The molecule has 25 heavy (non-hydrogen) atoms. The standard InChI is InChI=1S/C19H20N4O2/c1-12-16-10-14(11-20-18(16)22-21-12)19(24)23-9-3-4-17(23)13-5-7-15(25-2)8-6-13/h5-8,10-11,17H,3-4,9H2,1-2H3,(H,20,21,22). The summed E-state index contributed by atoms with van der Waals surface area (Å²) in [7, 11) is 1.65. The first kappa shape index (κ1) is 15.6. The number of carbonyl (C=O) groups is 1.